The molecule has 2 aliphatic rings. The minimum atomic E-state index is -3.64. The van der Waals surface area contributed by atoms with Crippen molar-refractivity contribution >= 4 is 38.9 Å². The fourth-order valence-corrected chi connectivity index (χ4v) is 8.36. The Bertz CT molecular complexity index is 1400. The standard InChI is InChI=1S/C28H34FN5O2S2/c1-19-13-26(32-24-9-7-23(29)8-10-24)22(15-30)14-25(19)27-18-34(38(35,36)28-16-31-20(2)37-28)12-11-33(27)17-21-5-3-4-6-21/h7-10,13-16,21,27,30,32H,3-6,11-12,17-18H2,1-2H3/t27-/m0/s1. The molecule has 1 saturated carbocycles. The highest BCUT2D eigenvalue weighted by Gasteiger charge is 2.37. The lowest BCUT2D eigenvalue weighted by atomic mass is 9.94. The number of hydrogen-bond donors (Lipinski definition) is 2. The third-order valence-corrected chi connectivity index (χ3v) is 10.9. The Balaban J connectivity index is 1.48. The predicted octanol–water partition coefficient (Wildman–Crippen LogP) is 5.88. The molecule has 2 fully saturated rings. The summed E-state index contributed by atoms with van der Waals surface area (Å²) in [4.78, 5) is 6.62. The van der Waals surface area contributed by atoms with E-state index in [1.165, 1.54) is 61.6 Å². The van der Waals surface area contributed by atoms with E-state index in [1.807, 2.05) is 26.0 Å². The van der Waals surface area contributed by atoms with Gasteiger partial charge in [-0.25, -0.2) is 17.8 Å². The van der Waals surface area contributed by atoms with Crippen molar-refractivity contribution in [3.8, 4) is 0 Å². The number of benzene rings is 2. The van der Waals surface area contributed by atoms with Crippen molar-refractivity contribution in [2.75, 3.05) is 31.5 Å². The van der Waals surface area contributed by atoms with Crippen LogP contribution in [0.3, 0.4) is 0 Å². The van der Waals surface area contributed by atoms with Crippen molar-refractivity contribution in [1.82, 2.24) is 14.2 Å². The minimum absolute atomic E-state index is 0.119. The zero-order valence-electron chi connectivity index (χ0n) is 21.8. The van der Waals surface area contributed by atoms with Crippen LogP contribution in [0, 0.1) is 31.0 Å². The fraction of sp³-hybridized carbons (Fsp3) is 0.429. The van der Waals surface area contributed by atoms with Gasteiger partial charge in [0, 0.05) is 55.4 Å². The van der Waals surface area contributed by atoms with Crippen LogP contribution in [0.25, 0.3) is 0 Å². The van der Waals surface area contributed by atoms with E-state index in [0.717, 1.165) is 34.1 Å². The van der Waals surface area contributed by atoms with Gasteiger partial charge in [0.1, 0.15) is 5.82 Å². The summed E-state index contributed by atoms with van der Waals surface area (Å²) in [6.07, 6.45) is 7.73. The Morgan fingerprint density at radius 1 is 1.16 bits per heavy atom. The summed E-state index contributed by atoms with van der Waals surface area (Å²) in [5, 5.41) is 12.1. The lowest BCUT2D eigenvalue weighted by Gasteiger charge is -2.42. The van der Waals surface area contributed by atoms with Crippen molar-refractivity contribution < 1.29 is 12.8 Å². The second-order valence-corrected chi connectivity index (χ2v) is 13.7. The van der Waals surface area contributed by atoms with Gasteiger partial charge in [0.25, 0.3) is 10.0 Å². The maximum atomic E-state index is 13.5. The molecule has 1 atom stereocenters. The molecule has 2 aromatic carbocycles. The van der Waals surface area contributed by atoms with Crippen molar-refractivity contribution in [2.45, 2.75) is 49.8 Å². The summed E-state index contributed by atoms with van der Waals surface area (Å²) in [7, 11) is -3.64. The predicted molar refractivity (Wildman–Crippen MR) is 151 cm³/mol. The zero-order valence-corrected chi connectivity index (χ0v) is 23.4. The average Bonchev–Trinajstić information content (AvgIpc) is 3.58. The van der Waals surface area contributed by atoms with Gasteiger partial charge in [0.05, 0.1) is 11.2 Å². The second-order valence-electron chi connectivity index (χ2n) is 10.3. The molecule has 2 N–H and O–H groups in total. The van der Waals surface area contributed by atoms with Crippen LogP contribution in [-0.4, -0.2) is 55.0 Å². The molecule has 3 aromatic rings. The van der Waals surface area contributed by atoms with Crippen LogP contribution in [-0.2, 0) is 10.0 Å². The van der Waals surface area contributed by atoms with Gasteiger partial charge in [-0.05, 0) is 80.1 Å². The van der Waals surface area contributed by atoms with Crippen molar-refractivity contribution in [1.29, 1.82) is 5.41 Å². The minimum Gasteiger partial charge on any atom is -0.355 e. The van der Waals surface area contributed by atoms with Crippen LogP contribution in [0.4, 0.5) is 15.8 Å². The highest BCUT2D eigenvalue weighted by Crippen LogP contribution is 2.36. The van der Waals surface area contributed by atoms with E-state index in [9.17, 15) is 12.8 Å². The van der Waals surface area contributed by atoms with E-state index in [0.29, 0.717) is 31.1 Å². The van der Waals surface area contributed by atoms with Crippen molar-refractivity contribution in [2.24, 2.45) is 5.92 Å². The first-order valence-electron chi connectivity index (χ1n) is 13.1. The van der Waals surface area contributed by atoms with Crippen molar-refractivity contribution in [3.63, 3.8) is 0 Å². The average molecular weight is 556 g/mol. The summed E-state index contributed by atoms with van der Waals surface area (Å²) < 4.78 is 42.3. The molecule has 1 aromatic heterocycles. The number of anilines is 2. The van der Waals surface area contributed by atoms with Crippen LogP contribution in [0.2, 0.25) is 0 Å². The van der Waals surface area contributed by atoms with E-state index in [1.54, 1.807) is 16.4 Å². The molecule has 5 rings (SSSR count). The van der Waals surface area contributed by atoms with Gasteiger partial charge in [0.2, 0.25) is 0 Å². The van der Waals surface area contributed by atoms with Crippen LogP contribution >= 0.6 is 11.3 Å². The molecule has 1 aliphatic heterocycles. The molecule has 1 saturated heterocycles. The fourth-order valence-electron chi connectivity index (χ4n) is 5.66. The molecule has 0 unspecified atom stereocenters. The molecule has 0 amide bonds. The largest absolute Gasteiger partial charge is 0.355 e. The number of rotatable bonds is 8. The van der Waals surface area contributed by atoms with Gasteiger partial charge in [-0.1, -0.05) is 12.8 Å². The van der Waals surface area contributed by atoms with Crippen LogP contribution < -0.4 is 5.32 Å². The summed E-state index contributed by atoms with van der Waals surface area (Å²) >= 11 is 1.21. The maximum Gasteiger partial charge on any atom is 0.254 e. The molecule has 2 heterocycles. The second kappa shape index (κ2) is 11.2. The van der Waals surface area contributed by atoms with Gasteiger partial charge in [-0.3, -0.25) is 4.90 Å². The van der Waals surface area contributed by atoms with Crippen LogP contribution in [0.15, 0.2) is 46.8 Å². The van der Waals surface area contributed by atoms with E-state index >= 15 is 0 Å². The monoisotopic (exact) mass is 555 g/mol. The molecule has 0 spiro atoms. The SMILES string of the molecule is Cc1ncc(S(=O)(=O)N2CCN(CC3CCCC3)[C@H](c3cc(C=N)c(Nc4ccc(F)cc4)cc3C)C2)s1. The highest BCUT2D eigenvalue weighted by atomic mass is 32.2. The lowest BCUT2D eigenvalue weighted by Crippen LogP contribution is -2.51. The van der Waals surface area contributed by atoms with Gasteiger partial charge in [0.15, 0.2) is 4.21 Å². The number of nitrogens with zero attached hydrogens (tertiary/aromatic N) is 3. The molecule has 7 nitrogen and oxygen atoms in total. The lowest BCUT2D eigenvalue weighted by molar-refractivity contribution is 0.1000. The first kappa shape index (κ1) is 26.9. The first-order chi connectivity index (χ1) is 18.2. The molecular weight excluding hydrogens is 521 g/mol. The molecule has 1 aliphatic carbocycles. The van der Waals surface area contributed by atoms with Gasteiger partial charge < -0.3 is 10.7 Å². The Kier molecular flexibility index (Phi) is 7.95. The van der Waals surface area contributed by atoms with Crippen LogP contribution in [0.5, 0.6) is 0 Å². The molecule has 202 valence electrons. The van der Waals surface area contributed by atoms with E-state index in [2.05, 4.69) is 15.2 Å². The van der Waals surface area contributed by atoms with Gasteiger partial charge >= 0.3 is 0 Å². The van der Waals surface area contributed by atoms with E-state index in [-0.39, 0.29) is 16.1 Å². The highest BCUT2D eigenvalue weighted by molar-refractivity contribution is 7.91. The molecule has 38 heavy (non-hydrogen) atoms. The zero-order chi connectivity index (χ0) is 26.9. The Morgan fingerprint density at radius 2 is 1.89 bits per heavy atom. The Hall–Kier alpha value is -2.66. The maximum absolute atomic E-state index is 13.5. The van der Waals surface area contributed by atoms with E-state index < -0.39 is 10.0 Å². The molecule has 0 bridgehead atoms. The topological polar surface area (TPSA) is 89.4 Å². The number of piperazine rings is 1. The quantitative estimate of drug-likeness (QED) is 0.339. The normalized spacial score (nSPS) is 19.6. The summed E-state index contributed by atoms with van der Waals surface area (Å²) in [5.74, 6) is 0.328. The molecular formula is C28H34FN5O2S2. The number of aromatic nitrogens is 1. The van der Waals surface area contributed by atoms with Crippen molar-refractivity contribution in [3.05, 3.63) is 70.1 Å². The Morgan fingerprint density at radius 3 is 2.55 bits per heavy atom. The number of sulfonamides is 1. The number of thiazole rings is 1. The number of nitrogens with one attached hydrogen (secondary N) is 2. The summed E-state index contributed by atoms with van der Waals surface area (Å²) in [6, 6.07) is 10.0. The van der Waals surface area contributed by atoms with Gasteiger partial charge in [-0.2, -0.15) is 4.31 Å². The van der Waals surface area contributed by atoms with Gasteiger partial charge in [-0.15, -0.1) is 11.3 Å². The number of hydrogen-bond acceptors (Lipinski definition) is 7. The smallest absolute Gasteiger partial charge is 0.254 e. The van der Waals surface area contributed by atoms with Crippen LogP contribution in [0.1, 0.15) is 53.4 Å². The third-order valence-electron chi connectivity index (χ3n) is 7.69. The summed E-state index contributed by atoms with van der Waals surface area (Å²) in [6.45, 7) is 6.26. The number of aryl methyl sites for hydroxylation is 2. The first-order valence-corrected chi connectivity index (χ1v) is 15.3. The summed E-state index contributed by atoms with van der Waals surface area (Å²) in [5.41, 5.74) is 4.25. The number of halogens is 1. The molecule has 0 radical (unpaired) electrons. The molecule has 10 heteroatoms. The van der Waals surface area contributed by atoms with E-state index in [4.69, 9.17) is 5.41 Å². The third kappa shape index (κ3) is 5.68. The Labute approximate surface area is 228 Å².